The number of nitrogen functional groups attached to an aromatic ring is 1. The number of benzene rings is 1. The summed E-state index contributed by atoms with van der Waals surface area (Å²) in [5.74, 6) is 0.867. The van der Waals surface area contributed by atoms with Crippen LogP contribution in [0.25, 0.3) is 0 Å². The van der Waals surface area contributed by atoms with Gasteiger partial charge in [0.2, 0.25) is 11.1 Å². The van der Waals surface area contributed by atoms with Crippen molar-refractivity contribution in [3.63, 3.8) is 0 Å². The van der Waals surface area contributed by atoms with Crippen LogP contribution in [-0.4, -0.2) is 26.5 Å². The second-order valence-corrected chi connectivity index (χ2v) is 4.90. The summed E-state index contributed by atoms with van der Waals surface area (Å²) in [5.41, 5.74) is -0.440. The van der Waals surface area contributed by atoms with Gasteiger partial charge >= 0.3 is 0 Å². The van der Waals surface area contributed by atoms with Gasteiger partial charge in [-0.3, -0.25) is 4.79 Å². The quantitative estimate of drug-likeness (QED) is 0.506. The van der Waals surface area contributed by atoms with Crippen LogP contribution in [0.3, 0.4) is 0 Å². The lowest BCUT2D eigenvalue weighted by Gasteiger charge is -2.07. The van der Waals surface area contributed by atoms with Crippen molar-refractivity contribution < 1.29 is 18.0 Å². The fraction of sp³-hybridized carbons (Fsp3) is 0.182. The minimum absolute atomic E-state index is 0.145. The average molecular weight is 317 g/mol. The molecule has 6 nitrogen and oxygen atoms in total. The molecule has 3 N–H and O–H groups in total. The minimum atomic E-state index is -1.64. The van der Waals surface area contributed by atoms with Gasteiger partial charge in [0.15, 0.2) is 17.5 Å². The first-order chi connectivity index (χ1) is 9.90. The number of rotatable bonds is 4. The molecule has 0 bridgehead atoms. The summed E-state index contributed by atoms with van der Waals surface area (Å²) in [6.45, 7) is 1.63. The molecular formula is C11H10F3N5OS. The van der Waals surface area contributed by atoms with E-state index < -0.39 is 29.0 Å². The largest absolute Gasteiger partial charge is 0.336 e. The third-order valence-electron chi connectivity index (χ3n) is 2.48. The summed E-state index contributed by atoms with van der Waals surface area (Å²) in [4.78, 5) is 11.6. The summed E-state index contributed by atoms with van der Waals surface area (Å²) < 4.78 is 40.3. The van der Waals surface area contributed by atoms with E-state index in [0.29, 0.717) is 11.0 Å². The number of nitrogens with two attached hydrogens (primary N) is 1. The highest BCUT2D eigenvalue weighted by atomic mass is 32.2. The number of hydrogen-bond acceptors (Lipinski definition) is 5. The van der Waals surface area contributed by atoms with Crippen LogP contribution in [0.5, 0.6) is 0 Å². The molecule has 0 aliphatic rings. The number of anilines is 1. The SMILES string of the molecule is Cc1nnc(SCC(=O)Nc2ccc(F)c(F)c2F)n1N. The summed E-state index contributed by atoms with van der Waals surface area (Å²) in [5, 5.41) is 9.86. The molecule has 10 heteroatoms. The first-order valence-corrected chi connectivity index (χ1v) is 6.62. The third-order valence-corrected chi connectivity index (χ3v) is 3.42. The second kappa shape index (κ2) is 6.04. The van der Waals surface area contributed by atoms with Gasteiger partial charge < -0.3 is 11.2 Å². The van der Waals surface area contributed by atoms with E-state index in [9.17, 15) is 18.0 Å². The van der Waals surface area contributed by atoms with Crippen LogP contribution in [0, 0.1) is 24.4 Å². The van der Waals surface area contributed by atoms with Gasteiger partial charge in [-0.2, -0.15) is 0 Å². The molecule has 1 heterocycles. The van der Waals surface area contributed by atoms with E-state index in [-0.39, 0.29) is 5.75 Å². The first-order valence-electron chi connectivity index (χ1n) is 5.63. The van der Waals surface area contributed by atoms with Crippen molar-refractivity contribution in [1.29, 1.82) is 0 Å². The Labute approximate surface area is 121 Å². The fourth-order valence-corrected chi connectivity index (χ4v) is 2.09. The minimum Gasteiger partial charge on any atom is -0.336 e. The molecule has 0 saturated heterocycles. The normalized spacial score (nSPS) is 10.7. The number of aryl methyl sites for hydroxylation is 1. The molecule has 1 aromatic heterocycles. The number of carbonyl (C=O) groups is 1. The van der Waals surface area contributed by atoms with E-state index in [2.05, 4.69) is 15.5 Å². The van der Waals surface area contributed by atoms with Gasteiger partial charge in [0, 0.05) is 0 Å². The number of amides is 1. The Morgan fingerprint density at radius 1 is 1.33 bits per heavy atom. The van der Waals surface area contributed by atoms with Gasteiger partial charge in [-0.15, -0.1) is 10.2 Å². The molecule has 1 aromatic carbocycles. The van der Waals surface area contributed by atoms with E-state index in [4.69, 9.17) is 5.84 Å². The van der Waals surface area contributed by atoms with Crippen molar-refractivity contribution in [1.82, 2.24) is 14.9 Å². The van der Waals surface area contributed by atoms with Crippen molar-refractivity contribution in [3.05, 3.63) is 35.4 Å². The highest BCUT2D eigenvalue weighted by molar-refractivity contribution is 7.99. The molecule has 0 fully saturated rings. The van der Waals surface area contributed by atoms with Gasteiger partial charge in [-0.1, -0.05) is 11.8 Å². The Morgan fingerprint density at radius 2 is 2.05 bits per heavy atom. The van der Waals surface area contributed by atoms with Crippen molar-refractivity contribution in [3.8, 4) is 0 Å². The Hall–Kier alpha value is -2.23. The fourth-order valence-electron chi connectivity index (χ4n) is 1.39. The number of halogens is 3. The van der Waals surface area contributed by atoms with Crippen LogP contribution in [-0.2, 0) is 4.79 Å². The third kappa shape index (κ3) is 3.27. The number of nitrogens with zero attached hydrogens (tertiary/aromatic N) is 3. The maximum absolute atomic E-state index is 13.4. The van der Waals surface area contributed by atoms with Gasteiger partial charge in [0.1, 0.15) is 5.82 Å². The molecule has 0 saturated carbocycles. The molecule has 0 radical (unpaired) electrons. The molecule has 0 aliphatic heterocycles. The van der Waals surface area contributed by atoms with Gasteiger partial charge in [0.25, 0.3) is 0 Å². The van der Waals surface area contributed by atoms with Crippen molar-refractivity contribution in [2.45, 2.75) is 12.1 Å². The molecule has 0 unspecified atom stereocenters. The smallest absolute Gasteiger partial charge is 0.234 e. The maximum atomic E-state index is 13.4. The number of aromatic nitrogens is 3. The van der Waals surface area contributed by atoms with Crippen LogP contribution in [0.15, 0.2) is 17.3 Å². The molecule has 0 spiro atoms. The molecular weight excluding hydrogens is 307 g/mol. The zero-order valence-electron chi connectivity index (χ0n) is 10.7. The van der Waals surface area contributed by atoms with Crippen LogP contribution < -0.4 is 11.2 Å². The molecule has 21 heavy (non-hydrogen) atoms. The Balaban J connectivity index is 1.99. The molecule has 0 atom stereocenters. The Morgan fingerprint density at radius 3 is 2.67 bits per heavy atom. The standard InChI is InChI=1S/C11H10F3N5OS/c1-5-17-18-11(19(5)15)21-4-8(20)16-7-3-2-6(12)9(13)10(7)14/h2-3H,4,15H2,1H3,(H,16,20). The lowest BCUT2D eigenvalue weighted by atomic mass is 10.3. The average Bonchev–Trinajstić information content (AvgIpc) is 2.77. The monoisotopic (exact) mass is 317 g/mol. The summed E-state index contributed by atoms with van der Waals surface area (Å²) in [7, 11) is 0. The van der Waals surface area contributed by atoms with Crippen LogP contribution in [0.4, 0.5) is 18.9 Å². The Bertz CT molecular complexity index is 691. The van der Waals surface area contributed by atoms with Crippen molar-refractivity contribution in [2.24, 2.45) is 0 Å². The summed E-state index contributed by atoms with van der Waals surface area (Å²) >= 11 is 0.970. The van der Waals surface area contributed by atoms with Crippen molar-refractivity contribution >= 4 is 23.4 Å². The van der Waals surface area contributed by atoms with E-state index in [1.807, 2.05) is 0 Å². The van der Waals surface area contributed by atoms with Crippen LogP contribution >= 0.6 is 11.8 Å². The zero-order valence-corrected chi connectivity index (χ0v) is 11.5. The molecule has 112 valence electrons. The predicted octanol–water partition coefficient (Wildman–Crippen LogP) is 1.45. The summed E-state index contributed by atoms with van der Waals surface area (Å²) in [6, 6.07) is 1.66. The first kappa shape index (κ1) is 15.2. The van der Waals surface area contributed by atoms with E-state index in [0.717, 1.165) is 23.9 Å². The van der Waals surface area contributed by atoms with E-state index in [1.54, 1.807) is 6.92 Å². The number of hydrogen-bond donors (Lipinski definition) is 2. The zero-order chi connectivity index (χ0) is 15.6. The molecule has 1 amide bonds. The molecule has 2 rings (SSSR count). The maximum Gasteiger partial charge on any atom is 0.234 e. The highest BCUT2D eigenvalue weighted by Gasteiger charge is 2.16. The molecule has 0 aliphatic carbocycles. The van der Waals surface area contributed by atoms with Crippen molar-refractivity contribution in [2.75, 3.05) is 16.9 Å². The number of nitrogens with one attached hydrogen (secondary N) is 1. The summed E-state index contributed by atoms with van der Waals surface area (Å²) in [6.07, 6.45) is 0. The lowest BCUT2D eigenvalue weighted by Crippen LogP contribution is -2.17. The van der Waals surface area contributed by atoms with E-state index in [1.165, 1.54) is 4.68 Å². The Kier molecular flexibility index (Phi) is 4.36. The van der Waals surface area contributed by atoms with Crippen LogP contribution in [0.2, 0.25) is 0 Å². The number of thioether (sulfide) groups is 1. The van der Waals surface area contributed by atoms with Gasteiger partial charge in [-0.05, 0) is 19.1 Å². The lowest BCUT2D eigenvalue weighted by molar-refractivity contribution is -0.113. The van der Waals surface area contributed by atoms with E-state index >= 15 is 0 Å². The molecule has 2 aromatic rings. The second-order valence-electron chi connectivity index (χ2n) is 3.96. The van der Waals surface area contributed by atoms with Gasteiger partial charge in [-0.25, -0.2) is 17.8 Å². The predicted molar refractivity (Wildman–Crippen MR) is 70.6 cm³/mol. The highest BCUT2D eigenvalue weighted by Crippen LogP contribution is 2.20. The van der Waals surface area contributed by atoms with Gasteiger partial charge in [0.05, 0.1) is 11.4 Å². The topological polar surface area (TPSA) is 85.8 Å². The number of carbonyl (C=O) groups excluding carboxylic acids is 1. The van der Waals surface area contributed by atoms with Crippen LogP contribution in [0.1, 0.15) is 5.82 Å².